The highest BCUT2D eigenvalue weighted by Gasteiger charge is 2.51. The van der Waals surface area contributed by atoms with Crippen LogP contribution in [-0.2, 0) is 19.1 Å². The maximum absolute atomic E-state index is 12.5. The van der Waals surface area contributed by atoms with Gasteiger partial charge in [-0.2, -0.15) is 0 Å². The number of nitrogens with one attached hydrogen (secondary N) is 1. The highest BCUT2D eigenvalue weighted by molar-refractivity contribution is 5.82. The Kier molecular flexibility index (Phi) is 5.42. The molecule has 2 heterocycles. The normalized spacial score (nSPS) is 27.2. The van der Waals surface area contributed by atoms with E-state index in [1.807, 2.05) is 14.0 Å². The fraction of sp³-hybridized carbons (Fsp3) is 0.882. The Morgan fingerprint density at radius 1 is 1.25 bits per heavy atom. The summed E-state index contributed by atoms with van der Waals surface area (Å²) in [4.78, 5) is 28.2. The summed E-state index contributed by atoms with van der Waals surface area (Å²) in [5.74, 6) is 0.0812. The highest BCUT2D eigenvalue weighted by atomic mass is 16.5. The molecule has 3 rings (SSSR count). The predicted molar refractivity (Wildman–Crippen MR) is 88.6 cm³/mol. The van der Waals surface area contributed by atoms with Crippen molar-refractivity contribution in [2.24, 2.45) is 0 Å². The zero-order chi connectivity index (χ0) is 17.2. The van der Waals surface area contributed by atoms with Crippen molar-refractivity contribution in [3.8, 4) is 0 Å². The molecule has 3 fully saturated rings. The van der Waals surface area contributed by atoms with Crippen molar-refractivity contribution in [3.05, 3.63) is 0 Å². The van der Waals surface area contributed by atoms with Crippen molar-refractivity contribution in [2.75, 3.05) is 46.5 Å². The summed E-state index contributed by atoms with van der Waals surface area (Å²) in [6.07, 6.45) is 4.58. The predicted octanol–water partition coefficient (Wildman–Crippen LogP) is -0.00670. The molecule has 0 radical (unpaired) electrons. The van der Waals surface area contributed by atoms with E-state index in [0.29, 0.717) is 38.9 Å². The van der Waals surface area contributed by atoms with Crippen LogP contribution in [0.5, 0.6) is 0 Å². The number of carbonyl (C=O) groups excluding carboxylic acids is 2. The van der Waals surface area contributed by atoms with Gasteiger partial charge < -0.3 is 19.7 Å². The molecule has 7 nitrogen and oxygen atoms in total. The molecule has 2 aliphatic heterocycles. The minimum absolute atomic E-state index is 0.00910. The Bertz CT molecular complexity index is 472. The fourth-order valence-corrected chi connectivity index (χ4v) is 3.93. The van der Waals surface area contributed by atoms with Gasteiger partial charge in [0.1, 0.15) is 18.2 Å². The first-order valence-electron chi connectivity index (χ1n) is 9.03. The van der Waals surface area contributed by atoms with Crippen molar-refractivity contribution < 1.29 is 19.1 Å². The molecule has 0 aromatic heterocycles. The third kappa shape index (κ3) is 3.73. The first-order valence-corrected chi connectivity index (χ1v) is 9.03. The van der Waals surface area contributed by atoms with E-state index in [4.69, 9.17) is 9.47 Å². The zero-order valence-electron chi connectivity index (χ0n) is 14.8. The lowest BCUT2D eigenvalue weighted by molar-refractivity contribution is -0.202. The number of nitrogens with zero attached hydrogens (tertiary/aromatic N) is 2. The number of morpholine rings is 1. The maximum atomic E-state index is 12.5. The van der Waals surface area contributed by atoms with Gasteiger partial charge in [0.05, 0.1) is 19.7 Å². The summed E-state index contributed by atoms with van der Waals surface area (Å²) in [6.45, 7) is 4.79. The summed E-state index contributed by atoms with van der Waals surface area (Å²) >= 11 is 0. The molecule has 0 bridgehead atoms. The van der Waals surface area contributed by atoms with E-state index in [2.05, 4.69) is 10.2 Å². The van der Waals surface area contributed by atoms with Gasteiger partial charge >= 0.3 is 0 Å². The number of amides is 2. The van der Waals surface area contributed by atoms with Gasteiger partial charge in [0.2, 0.25) is 11.8 Å². The molecule has 1 aliphatic carbocycles. The largest absolute Gasteiger partial charge is 0.372 e. The molecule has 1 N–H and O–H groups in total. The monoisotopic (exact) mass is 339 g/mol. The minimum atomic E-state index is -0.319. The van der Waals surface area contributed by atoms with Gasteiger partial charge in [-0.3, -0.25) is 14.5 Å². The zero-order valence-corrected chi connectivity index (χ0v) is 14.8. The molecule has 1 unspecified atom stereocenters. The van der Waals surface area contributed by atoms with E-state index in [1.54, 1.807) is 4.90 Å². The van der Waals surface area contributed by atoms with Gasteiger partial charge in [0.15, 0.2) is 0 Å². The van der Waals surface area contributed by atoms with Crippen LogP contribution >= 0.6 is 0 Å². The standard InChI is InChI=1S/C17H29N3O4/c1-3-23-9-15(21)20-11-17(12-20)10-19(2)14(8-24-17)16(22)18-13-6-4-5-7-13/h13-14H,3-12H2,1-2H3,(H,18,22). The Hall–Kier alpha value is -1.18. The highest BCUT2D eigenvalue weighted by Crippen LogP contribution is 2.30. The van der Waals surface area contributed by atoms with Crippen molar-refractivity contribution in [2.45, 2.75) is 50.3 Å². The van der Waals surface area contributed by atoms with Crippen molar-refractivity contribution in [3.63, 3.8) is 0 Å². The van der Waals surface area contributed by atoms with Crippen LogP contribution in [0, 0.1) is 0 Å². The molecule has 1 spiro atoms. The molecule has 0 aromatic carbocycles. The van der Waals surface area contributed by atoms with Gasteiger partial charge in [0.25, 0.3) is 0 Å². The van der Waals surface area contributed by atoms with Crippen LogP contribution in [0.4, 0.5) is 0 Å². The second-order valence-corrected chi connectivity index (χ2v) is 7.30. The second-order valence-electron chi connectivity index (χ2n) is 7.30. The van der Waals surface area contributed by atoms with E-state index < -0.39 is 0 Å². The third-order valence-electron chi connectivity index (χ3n) is 5.36. The van der Waals surface area contributed by atoms with Crippen LogP contribution in [0.3, 0.4) is 0 Å². The molecular weight excluding hydrogens is 310 g/mol. The van der Waals surface area contributed by atoms with Crippen LogP contribution in [0.1, 0.15) is 32.6 Å². The van der Waals surface area contributed by atoms with E-state index in [1.165, 1.54) is 12.8 Å². The van der Waals surface area contributed by atoms with Crippen LogP contribution in [0.2, 0.25) is 0 Å². The van der Waals surface area contributed by atoms with Crippen LogP contribution in [-0.4, -0.2) is 85.8 Å². The molecule has 1 saturated carbocycles. The average Bonchev–Trinajstić information content (AvgIpc) is 3.02. The van der Waals surface area contributed by atoms with Gasteiger partial charge in [-0.05, 0) is 26.8 Å². The molecule has 2 saturated heterocycles. The van der Waals surface area contributed by atoms with Gasteiger partial charge in [-0.25, -0.2) is 0 Å². The molecule has 0 aromatic rings. The second kappa shape index (κ2) is 7.37. The maximum Gasteiger partial charge on any atom is 0.248 e. The summed E-state index contributed by atoms with van der Waals surface area (Å²) < 4.78 is 11.2. The van der Waals surface area contributed by atoms with E-state index in [0.717, 1.165) is 12.8 Å². The Morgan fingerprint density at radius 2 is 1.96 bits per heavy atom. The summed E-state index contributed by atoms with van der Waals surface area (Å²) in [5.41, 5.74) is -0.319. The van der Waals surface area contributed by atoms with E-state index in [-0.39, 0.29) is 30.1 Å². The Balaban J connectivity index is 1.45. The number of hydrogen-bond acceptors (Lipinski definition) is 5. The van der Waals surface area contributed by atoms with Crippen molar-refractivity contribution in [1.82, 2.24) is 15.1 Å². The van der Waals surface area contributed by atoms with Crippen molar-refractivity contribution in [1.29, 1.82) is 0 Å². The first-order chi connectivity index (χ1) is 11.5. The molecular formula is C17H29N3O4. The van der Waals surface area contributed by atoms with Gasteiger partial charge in [-0.1, -0.05) is 12.8 Å². The lowest BCUT2D eigenvalue weighted by atomic mass is 9.90. The number of hydrogen-bond donors (Lipinski definition) is 1. The van der Waals surface area contributed by atoms with E-state index in [9.17, 15) is 9.59 Å². The van der Waals surface area contributed by atoms with Crippen LogP contribution in [0.25, 0.3) is 0 Å². The summed E-state index contributed by atoms with van der Waals surface area (Å²) in [7, 11) is 1.97. The van der Waals surface area contributed by atoms with Crippen molar-refractivity contribution >= 4 is 11.8 Å². The molecule has 2 amide bonds. The average molecular weight is 339 g/mol. The lowest BCUT2D eigenvalue weighted by Gasteiger charge is -2.54. The third-order valence-corrected chi connectivity index (χ3v) is 5.36. The quantitative estimate of drug-likeness (QED) is 0.763. The number of rotatable bonds is 5. The molecule has 136 valence electrons. The number of carbonyl (C=O) groups is 2. The molecule has 7 heteroatoms. The smallest absolute Gasteiger partial charge is 0.248 e. The molecule has 3 aliphatic rings. The lowest BCUT2D eigenvalue weighted by Crippen LogP contribution is -2.73. The summed E-state index contributed by atoms with van der Waals surface area (Å²) in [6, 6.07) is 0.0987. The van der Waals surface area contributed by atoms with Crippen LogP contribution in [0.15, 0.2) is 0 Å². The Labute approximate surface area is 143 Å². The number of likely N-dealkylation sites (tertiary alicyclic amines) is 1. The minimum Gasteiger partial charge on any atom is -0.372 e. The number of likely N-dealkylation sites (N-methyl/N-ethyl adjacent to an activating group) is 1. The summed E-state index contributed by atoms with van der Waals surface area (Å²) in [5, 5.41) is 3.15. The van der Waals surface area contributed by atoms with Crippen LogP contribution < -0.4 is 5.32 Å². The Morgan fingerprint density at radius 3 is 2.58 bits per heavy atom. The van der Waals surface area contributed by atoms with Gasteiger partial charge in [0, 0.05) is 19.2 Å². The molecule has 24 heavy (non-hydrogen) atoms. The topological polar surface area (TPSA) is 71.1 Å². The molecule has 1 atom stereocenters. The number of ether oxygens (including phenoxy) is 2. The van der Waals surface area contributed by atoms with Gasteiger partial charge in [-0.15, -0.1) is 0 Å². The SMILES string of the molecule is CCOCC(=O)N1CC2(C1)CN(C)C(C(=O)NC1CCCC1)CO2. The fourth-order valence-electron chi connectivity index (χ4n) is 3.93. The first kappa shape index (κ1) is 17.6. The van der Waals surface area contributed by atoms with E-state index >= 15 is 0 Å².